The first-order valence-corrected chi connectivity index (χ1v) is 14.3. The molecule has 3 aromatic heterocycles. The molecule has 2 fully saturated rings. The molecular weight excluding hydrogens is 502 g/mol. The van der Waals surface area contributed by atoms with Crippen molar-refractivity contribution in [3.8, 4) is 5.69 Å². The molecule has 0 bridgehead atoms. The molecule has 0 N–H and O–H groups in total. The molecule has 2 saturated heterocycles. The van der Waals surface area contributed by atoms with E-state index >= 15 is 0 Å². The van der Waals surface area contributed by atoms with Crippen molar-refractivity contribution in [2.24, 2.45) is 12.5 Å². The predicted molar refractivity (Wildman–Crippen MR) is 148 cm³/mol. The summed E-state index contributed by atoms with van der Waals surface area (Å²) in [4.78, 5) is 16.8. The van der Waals surface area contributed by atoms with Crippen molar-refractivity contribution in [2.45, 2.75) is 64.4 Å². The van der Waals surface area contributed by atoms with Crippen molar-refractivity contribution in [1.29, 1.82) is 0 Å². The van der Waals surface area contributed by atoms with Crippen molar-refractivity contribution in [3.63, 3.8) is 0 Å². The van der Waals surface area contributed by atoms with Crippen LogP contribution in [0.3, 0.4) is 0 Å². The van der Waals surface area contributed by atoms with E-state index in [0.29, 0.717) is 23.0 Å². The fraction of sp³-hybridized carbons (Fsp3) is 0.556. The highest BCUT2D eigenvalue weighted by Gasteiger charge is 2.41. The first-order valence-electron chi connectivity index (χ1n) is 13.2. The number of benzene rings is 1. The summed E-state index contributed by atoms with van der Waals surface area (Å²) in [6, 6.07) is 6.01. The van der Waals surface area contributed by atoms with Gasteiger partial charge >= 0.3 is 0 Å². The Morgan fingerprint density at radius 2 is 1.97 bits per heavy atom. The lowest BCUT2D eigenvalue weighted by Gasteiger charge is -2.39. The number of ether oxygens (including phenoxy) is 1. The molecule has 4 aromatic rings. The molecule has 0 aliphatic carbocycles. The maximum atomic E-state index is 12.7. The lowest BCUT2D eigenvalue weighted by atomic mass is 9.77. The Morgan fingerprint density at radius 1 is 1.18 bits per heavy atom. The maximum Gasteiger partial charge on any atom is 0.182 e. The van der Waals surface area contributed by atoms with E-state index in [-0.39, 0.29) is 12.0 Å². The number of aryl methyl sites for hydroxylation is 1. The molecule has 1 spiro atoms. The second kappa shape index (κ2) is 9.39. The van der Waals surface area contributed by atoms with E-state index in [1.807, 2.05) is 50.6 Å². The van der Waals surface area contributed by atoms with E-state index in [0.717, 1.165) is 61.5 Å². The molecule has 10 nitrogen and oxygen atoms in total. The van der Waals surface area contributed by atoms with Gasteiger partial charge in [-0.1, -0.05) is 0 Å². The number of nitrogens with zero attached hydrogens (tertiary/aromatic N) is 7. The third kappa shape index (κ3) is 4.60. The Labute approximate surface area is 225 Å². The largest absolute Gasteiger partial charge is 0.378 e. The van der Waals surface area contributed by atoms with Crippen molar-refractivity contribution >= 4 is 39.1 Å². The molecular formula is C27H35N7O3S. The van der Waals surface area contributed by atoms with Gasteiger partial charge in [-0.15, -0.1) is 0 Å². The zero-order valence-corrected chi connectivity index (χ0v) is 23.5. The summed E-state index contributed by atoms with van der Waals surface area (Å²) in [5.74, 6) is 0.784. The van der Waals surface area contributed by atoms with Crippen LogP contribution >= 0.6 is 0 Å². The normalized spacial score (nSPS) is 20.7. The van der Waals surface area contributed by atoms with Gasteiger partial charge < -0.3 is 14.2 Å². The number of hydrogen-bond acceptors (Lipinski definition) is 8. The Balaban J connectivity index is 1.36. The summed E-state index contributed by atoms with van der Waals surface area (Å²) in [6.45, 7) is 10.5. The van der Waals surface area contributed by atoms with Gasteiger partial charge in [0.25, 0.3) is 0 Å². The predicted octanol–water partition coefficient (Wildman–Crippen LogP) is 4.08. The average molecular weight is 538 g/mol. The van der Waals surface area contributed by atoms with Crippen LogP contribution in [0.2, 0.25) is 0 Å². The highest BCUT2D eigenvalue weighted by atomic mass is 32.2. The third-order valence-corrected chi connectivity index (χ3v) is 9.06. The maximum absolute atomic E-state index is 12.7. The number of rotatable bonds is 5. The van der Waals surface area contributed by atoms with Crippen molar-refractivity contribution < 1.29 is 13.1 Å². The van der Waals surface area contributed by atoms with E-state index in [9.17, 15) is 4.21 Å². The van der Waals surface area contributed by atoms with Gasteiger partial charge in [-0.2, -0.15) is 5.10 Å². The quantitative estimate of drug-likeness (QED) is 0.376. The van der Waals surface area contributed by atoms with Crippen LogP contribution in [0.5, 0.6) is 0 Å². The van der Waals surface area contributed by atoms with Crippen LogP contribution < -0.4 is 4.90 Å². The first kappa shape index (κ1) is 25.4. The molecule has 1 aromatic carbocycles. The van der Waals surface area contributed by atoms with Gasteiger partial charge in [0.05, 0.1) is 46.7 Å². The molecule has 0 amide bonds. The van der Waals surface area contributed by atoms with Crippen LogP contribution in [0.4, 0.5) is 5.82 Å². The van der Waals surface area contributed by atoms with Gasteiger partial charge in [0, 0.05) is 20.1 Å². The minimum Gasteiger partial charge on any atom is -0.378 e. The summed E-state index contributed by atoms with van der Waals surface area (Å²) in [5, 5.41) is 4.64. The van der Waals surface area contributed by atoms with Gasteiger partial charge in [-0.05, 0) is 70.6 Å². The fourth-order valence-corrected chi connectivity index (χ4v) is 6.10. The summed E-state index contributed by atoms with van der Waals surface area (Å²) in [6.07, 6.45) is 7.10. The molecule has 6 rings (SSSR count). The number of imidazole rings is 1. The Kier molecular flexibility index (Phi) is 6.27. The molecule has 1 unspecified atom stereocenters. The molecule has 0 radical (unpaired) electrons. The zero-order chi connectivity index (χ0) is 26.7. The molecule has 202 valence electrons. The van der Waals surface area contributed by atoms with E-state index in [4.69, 9.17) is 18.9 Å². The van der Waals surface area contributed by atoms with E-state index in [2.05, 4.69) is 21.9 Å². The fourth-order valence-electron chi connectivity index (χ4n) is 5.53. The van der Waals surface area contributed by atoms with Crippen molar-refractivity contribution in [1.82, 2.24) is 29.3 Å². The lowest BCUT2D eigenvalue weighted by molar-refractivity contribution is 0.0975. The molecule has 11 heteroatoms. The van der Waals surface area contributed by atoms with Crippen LogP contribution in [0.25, 0.3) is 27.9 Å². The van der Waals surface area contributed by atoms with E-state index in [1.54, 1.807) is 17.2 Å². The number of aromatic nitrogens is 6. The molecule has 5 heterocycles. The van der Waals surface area contributed by atoms with Crippen LogP contribution in [0, 0.1) is 5.41 Å². The van der Waals surface area contributed by atoms with Crippen molar-refractivity contribution in [3.05, 3.63) is 36.4 Å². The monoisotopic (exact) mass is 537 g/mol. The van der Waals surface area contributed by atoms with Gasteiger partial charge in [-0.3, -0.25) is 4.18 Å². The van der Waals surface area contributed by atoms with Crippen molar-refractivity contribution in [2.75, 3.05) is 24.6 Å². The minimum atomic E-state index is -1.48. The molecule has 0 saturated carbocycles. The highest BCUT2D eigenvalue weighted by Crippen LogP contribution is 2.43. The van der Waals surface area contributed by atoms with E-state index < -0.39 is 15.8 Å². The van der Waals surface area contributed by atoms with E-state index in [1.165, 1.54) is 0 Å². The summed E-state index contributed by atoms with van der Waals surface area (Å²) < 4.78 is 27.8. The van der Waals surface area contributed by atoms with Gasteiger partial charge in [0.2, 0.25) is 0 Å². The Bertz CT molecular complexity index is 1510. The summed E-state index contributed by atoms with van der Waals surface area (Å²) in [5.41, 5.74) is 5.08. The molecule has 38 heavy (non-hydrogen) atoms. The highest BCUT2D eigenvalue weighted by molar-refractivity contribution is 7.81. The SMILES string of the molecule is C[C@H]1CC2(CCN(c3nc4cnn(-c5ccc6ncn(C)c6c5)c4nc3COS(=O)C(C)(C)C)CC2)CO1. The zero-order valence-electron chi connectivity index (χ0n) is 22.7. The van der Waals surface area contributed by atoms with Gasteiger partial charge in [0.1, 0.15) is 17.8 Å². The Hall–Kier alpha value is -2.89. The summed E-state index contributed by atoms with van der Waals surface area (Å²) in [7, 11) is 1.97. The lowest BCUT2D eigenvalue weighted by Crippen LogP contribution is -2.41. The topological polar surface area (TPSA) is 100 Å². The molecule has 2 aliphatic rings. The standard InChI is InChI=1S/C27H35N7O3S/c1-18-13-27(16-36-18)8-10-33(11-9-27)24-22(15-37-38(35)26(2,3)4)31-25-21(30-24)14-29-34(25)19-6-7-20-23(12-19)32(5)17-28-20/h6-7,12,14,17-18H,8-11,13,15-16H2,1-5H3/t18-,38?/m0/s1. The van der Waals surface area contributed by atoms with Crippen LogP contribution in [-0.4, -0.2) is 64.1 Å². The number of fused-ring (bicyclic) bond motifs is 2. The van der Waals surface area contributed by atoms with Gasteiger partial charge in [0.15, 0.2) is 22.5 Å². The molecule has 2 aliphatic heterocycles. The first-order chi connectivity index (χ1) is 18.1. The molecule has 2 atom stereocenters. The van der Waals surface area contributed by atoms with Gasteiger partial charge in [-0.25, -0.2) is 23.8 Å². The number of hydrogen-bond donors (Lipinski definition) is 0. The third-order valence-electron chi connectivity index (χ3n) is 7.72. The average Bonchev–Trinajstić information content (AvgIpc) is 3.58. The summed E-state index contributed by atoms with van der Waals surface area (Å²) >= 11 is -1.48. The Morgan fingerprint density at radius 3 is 2.68 bits per heavy atom. The number of piperidine rings is 1. The minimum absolute atomic E-state index is 0.107. The second-order valence-electron chi connectivity index (χ2n) is 11.7. The smallest absolute Gasteiger partial charge is 0.182 e. The van der Waals surface area contributed by atoms with Crippen LogP contribution in [-0.2, 0) is 33.7 Å². The number of anilines is 1. The van der Waals surface area contributed by atoms with Crippen LogP contribution in [0.1, 0.15) is 52.7 Å². The second-order valence-corrected chi connectivity index (χ2v) is 13.6. The van der Waals surface area contributed by atoms with Crippen LogP contribution in [0.15, 0.2) is 30.7 Å².